The molecule has 1 N–H and O–H groups in total. The summed E-state index contributed by atoms with van der Waals surface area (Å²) in [6, 6.07) is 1.75. The minimum atomic E-state index is 0.587. The lowest BCUT2D eigenvalue weighted by molar-refractivity contribution is 0.266. The first-order chi connectivity index (χ1) is 8.88. The number of hydrogen-bond donors (Lipinski definition) is 1. The first-order valence-corrected chi connectivity index (χ1v) is 6.67. The van der Waals surface area contributed by atoms with Crippen molar-refractivity contribution in [2.24, 2.45) is 5.92 Å². The van der Waals surface area contributed by atoms with E-state index in [0.717, 1.165) is 31.8 Å². The van der Waals surface area contributed by atoms with Gasteiger partial charge in [-0.25, -0.2) is 9.97 Å². The predicted octanol–water partition coefficient (Wildman–Crippen LogP) is 1.64. The summed E-state index contributed by atoms with van der Waals surface area (Å²) in [4.78, 5) is 8.12. The molecule has 1 aromatic heterocycles. The number of nitrogens with zero attached hydrogens (tertiary/aromatic N) is 2. The third-order valence-corrected chi connectivity index (χ3v) is 3.01. The van der Waals surface area contributed by atoms with Gasteiger partial charge in [0.2, 0.25) is 11.8 Å². The van der Waals surface area contributed by atoms with Gasteiger partial charge < -0.3 is 14.8 Å². The van der Waals surface area contributed by atoms with Crippen LogP contribution in [-0.4, -0.2) is 36.3 Å². The fourth-order valence-electron chi connectivity index (χ4n) is 1.98. The van der Waals surface area contributed by atoms with Crippen molar-refractivity contribution in [3.63, 3.8) is 0 Å². The molecule has 0 radical (unpaired) electrons. The zero-order valence-corrected chi connectivity index (χ0v) is 10.9. The Kier molecular flexibility index (Phi) is 5.20. The molecule has 100 valence electrons. The SMILES string of the molecule is CCCOc1cc(OCCC2CCNC2)ncn1. The van der Waals surface area contributed by atoms with Crippen LogP contribution in [0.1, 0.15) is 26.2 Å². The van der Waals surface area contributed by atoms with Crippen LogP contribution in [-0.2, 0) is 0 Å². The summed E-state index contributed by atoms with van der Waals surface area (Å²) in [6.07, 6.45) is 4.77. The summed E-state index contributed by atoms with van der Waals surface area (Å²) in [5, 5.41) is 3.35. The molecule has 0 bridgehead atoms. The number of ether oxygens (including phenoxy) is 2. The number of aromatic nitrogens is 2. The Balaban J connectivity index is 1.74. The maximum absolute atomic E-state index is 5.63. The van der Waals surface area contributed by atoms with Crippen molar-refractivity contribution >= 4 is 0 Å². The van der Waals surface area contributed by atoms with E-state index < -0.39 is 0 Å². The quantitative estimate of drug-likeness (QED) is 0.798. The minimum absolute atomic E-state index is 0.587. The smallest absolute Gasteiger partial charge is 0.220 e. The Morgan fingerprint density at radius 2 is 2.06 bits per heavy atom. The van der Waals surface area contributed by atoms with Gasteiger partial charge in [-0.05, 0) is 38.3 Å². The van der Waals surface area contributed by atoms with E-state index in [1.807, 2.05) is 0 Å². The maximum atomic E-state index is 5.63. The summed E-state index contributed by atoms with van der Waals surface area (Å²) < 4.78 is 11.1. The third kappa shape index (κ3) is 4.14. The summed E-state index contributed by atoms with van der Waals surface area (Å²) in [7, 11) is 0. The molecule has 2 heterocycles. The second-order valence-electron chi connectivity index (χ2n) is 4.54. The van der Waals surface area contributed by atoms with E-state index in [9.17, 15) is 0 Å². The van der Waals surface area contributed by atoms with Gasteiger partial charge in [0.25, 0.3) is 0 Å². The minimum Gasteiger partial charge on any atom is -0.478 e. The van der Waals surface area contributed by atoms with Gasteiger partial charge in [-0.2, -0.15) is 0 Å². The topological polar surface area (TPSA) is 56.3 Å². The van der Waals surface area contributed by atoms with E-state index in [1.54, 1.807) is 6.07 Å². The molecule has 1 atom stereocenters. The van der Waals surface area contributed by atoms with Gasteiger partial charge in [-0.1, -0.05) is 6.92 Å². The maximum Gasteiger partial charge on any atom is 0.220 e. The Labute approximate surface area is 108 Å². The van der Waals surface area contributed by atoms with Crippen molar-refractivity contribution in [3.8, 4) is 11.8 Å². The molecule has 5 heteroatoms. The van der Waals surface area contributed by atoms with Crippen LogP contribution in [0.4, 0.5) is 0 Å². The molecule has 1 aliphatic rings. The highest BCUT2D eigenvalue weighted by molar-refractivity contribution is 5.18. The van der Waals surface area contributed by atoms with Crippen molar-refractivity contribution in [2.75, 3.05) is 26.3 Å². The predicted molar refractivity (Wildman–Crippen MR) is 68.9 cm³/mol. The summed E-state index contributed by atoms with van der Waals surface area (Å²) in [5.74, 6) is 1.93. The van der Waals surface area contributed by atoms with Gasteiger partial charge >= 0.3 is 0 Å². The molecule has 0 amide bonds. The molecule has 0 saturated carbocycles. The van der Waals surface area contributed by atoms with Crippen LogP contribution >= 0.6 is 0 Å². The Morgan fingerprint density at radius 3 is 2.72 bits per heavy atom. The van der Waals surface area contributed by atoms with E-state index in [1.165, 1.54) is 12.7 Å². The summed E-state index contributed by atoms with van der Waals surface area (Å²) in [5.41, 5.74) is 0. The van der Waals surface area contributed by atoms with Gasteiger partial charge in [0.1, 0.15) is 6.33 Å². The fraction of sp³-hybridized carbons (Fsp3) is 0.692. The van der Waals surface area contributed by atoms with Crippen LogP contribution in [0, 0.1) is 5.92 Å². The van der Waals surface area contributed by atoms with E-state index in [2.05, 4.69) is 22.2 Å². The normalized spacial score (nSPS) is 18.8. The van der Waals surface area contributed by atoms with Gasteiger partial charge in [0.15, 0.2) is 0 Å². The van der Waals surface area contributed by atoms with E-state index in [-0.39, 0.29) is 0 Å². The highest BCUT2D eigenvalue weighted by Crippen LogP contribution is 2.16. The Hall–Kier alpha value is -1.36. The molecule has 1 aliphatic heterocycles. The van der Waals surface area contributed by atoms with Gasteiger partial charge in [-0.3, -0.25) is 0 Å². The molecule has 5 nitrogen and oxygen atoms in total. The number of nitrogens with one attached hydrogen (secondary N) is 1. The molecule has 0 aromatic carbocycles. The summed E-state index contributed by atoms with van der Waals surface area (Å²) in [6.45, 7) is 5.68. The second-order valence-corrected chi connectivity index (χ2v) is 4.54. The molecule has 1 unspecified atom stereocenters. The Morgan fingerprint density at radius 1 is 1.28 bits per heavy atom. The summed E-state index contributed by atoms with van der Waals surface area (Å²) >= 11 is 0. The van der Waals surface area contributed by atoms with Crippen LogP contribution in [0.25, 0.3) is 0 Å². The highest BCUT2D eigenvalue weighted by atomic mass is 16.5. The number of hydrogen-bond acceptors (Lipinski definition) is 5. The van der Waals surface area contributed by atoms with E-state index in [0.29, 0.717) is 25.0 Å². The zero-order valence-electron chi connectivity index (χ0n) is 10.9. The molecule has 2 rings (SSSR count). The van der Waals surface area contributed by atoms with Crippen LogP contribution < -0.4 is 14.8 Å². The van der Waals surface area contributed by atoms with Crippen molar-refractivity contribution in [3.05, 3.63) is 12.4 Å². The third-order valence-electron chi connectivity index (χ3n) is 3.01. The lowest BCUT2D eigenvalue weighted by atomic mass is 10.1. The van der Waals surface area contributed by atoms with Crippen LogP contribution in [0.3, 0.4) is 0 Å². The zero-order chi connectivity index (χ0) is 12.6. The van der Waals surface area contributed by atoms with Crippen LogP contribution in [0.2, 0.25) is 0 Å². The first kappa shape index (κ1) is 13.1. The lowest BCUT2D eigenvalue weighted by Gasteiger charge is -2.10. The average Bonchev–Trinajstić information content (AvgIpc) is 2.90. The van der Waals surface area contributed by atoms with Crippen LogP contribution in [0.5, 0.6) is 11.8 Å². The van der Waals surface area contributed by atoms with Crippen molar-refractivity contribution in [1.29, 1.82) is 0 Å². The first-order valence-electron chi connectivity index (χ1n) is 6.67. The van der Waals surface area contributed by atoms with Crippen molar-refractivity contribution in [1.82, 2.24) is 15.3 Å². The largest absolute Gasteiger partial charge is 0.478 e. The molecule has 18 heavy (non-hydrogen) atoms. The lowest BCUT2D eigenvalue weighted by Crippen LogP contribution is -2.12. The molecule has 1 aromatic rings. The molecular weight excluding hydrogens is 230 g/mol. The fourth-order valence-corrected chi connectivity index (χ4v) is 1.98. The Bertz CT molecular complexity index is 354. The average molecular weight is 251 g/mol. The van der Waals surface area contributed by atoms with E-state index >= 15 is 0 Å². The monoisotopic (exact) mass is 251 g/mol. The van der Waals surface area contributed by atoms with Crippen molar-refractivity contribution in [2.45, 2.75) is 26.2 Å². The van der Waals surface area contributed by atoms with E-state index in [4.69, 9.17) is 9.47 Å². The number of rotatable bonds is 7. The molecule has 0 spiro atoms. The van der Waals surface area contributed by atoms with Gasteiger partial charge in [0, 0.05) is 0 Å². The molecule has 1 saturated heterocycles. The molecule has 0 aliphatic carbocycles. The van der Waals surface area contributed by atoms with Crippen LogP contribution in [0.15, 0.2) is 12.4 Å². The molecular formula is C13H21N3O2. The highest BCUT2D eigenvalue weighted by Gasteiger charge is 2.14. The molecule has 1 fully saturated rings. The van der Waals surface area contributed by atoms with Crippen molar-refractivity contribution < 1.29 is 9.47 Å². The standard InChI is InChI=1S/C13H21N3O2/c1-2-6-17-12-8-13(16-10-15-12)18-7-4-11-3-5-14-9-11/h8,10-11,14H,2-7,9H2,1H3. The second kappa shape index (κ2) is 7.16. The van der Waals surface area contributed by atoms with Gasteiger partial charge in [-0.15, -0.1) is 0 Å². The van der Waals surface area contributed by atoms with Gasteiger partial charge in [0.05, 0.1) is 19.3 Å².